The topological polar surface area (TPSA) is 255 Å². The number of hydrogen-bond donors (Lipinski definition) is 10. The van der Waals surface area contributed by atoms with Crippen molar-refractivity contribution in [3.8, 4) is 11.6 Å². The fraction of sp³-hybridized carbons (Fsp3) is 0.615. The number of rotatable bonds is 17. The third-order valence-electron chi connectivity index (χ3n) is 6.55. The van der Waals surface area contributed by atoms with Crippen LogP contribution in [0.4, 0.5) is 23.3 Å². The first-order valence-electron chi connectivity index (χ1n) is 13.6. The van der Waals surface area contributed by atoms with Crippen LogP contribution in [-0.2, 0) is 19.2 Å². The van der Waals surface area contributed by atoms with Gasteiger partial charge in [0.1, 0.15) is 35.8 Å². The number of hydrogen-bond acceptors (Lipinski definition) is 10. The molecule has 0 fully saturated rings. The number of nitrogens with one attached hydrogen (secondary N) is 6. The zero-order valence-electron chi connectivity index (χ0n) is 24.9. The van der Waals surface area contributed by atoms with Gasteiger partial charge in [-0.2, -0.15) is 0 Å². The maximum absolute atomic E-state index is 11.9. The van der Waals surface area contributed by atoms with Crippen LogP contribution in [0.1, 0.15) is 55.4 Å². The summed E-state index contributed by atoms with van der Waals surface area (Å²) in [6.07, 6.45) is 0. The van der Waals surface area contributed by atoms with Gasteiger partial charge >= 0.3 is 23.9 Å². The predicted molar refractivity (Wildman–Crippen MR) is 156 cm³/mol. The van der Waals surface area contributed by atoms with Gasteiger partial charge in [0.05, 0.1) is 0 Å². The molecule has 2 aromatic rings. The normalized spacial score (nSPS) is 14.5. The van der Waals surface area contributed by atoms with E-state index in [4.69, 9.17) is 0 Å². The highest BCUT2D eigenvalue weighted by atomic mass is 16.4. The number of imidazole rings is 2. The van der Waals surface area contributed by atoms with E-state index < -0.39 is 48.0 Å². The molecule has 0 radical (unpaired) electrons. The van der Waals surface area contributed by atoms with Crippen LogP contribution in [0.5, 0.6) is 0 Å². The molecule has 2 heterocycles. The van der Waals surface area contributed by atoms with E-state index in [1.54, 1.807) is 55.4 Å². The van der Waals surface area contributed by atoms with Crippen LogP contribution in [0.25, 0.3) is 11.6 Å². The van der Waals surface area contributed by atoms with Crippen molar-refractivity contribution in [1.82, 2.24) is 19.9 Å². The lowest BCUT2D eigenvalue weighted by Gasteiger charge is -2.21. The molecule has 0 amide bonds. The minimum Gasteiger partial charge on any atom is -0.480 e. The summed E-state index contributed by atoms with van der Waals surface area (Å²) >= 11 is 0. The minimum atomic E-state index is -1.14. The zero-order chi connectivity index (χ0) is 32.0. The van der Waals surface area contributed by atoms with Gasteiger partial charge in [0, 0.05) is 0 Å². The van der Waals surface area contributed by atoms with Gasteiger partial charge in [-0.25, -0.2) is 29.1 Å². The molecule has 4 atom stereocenters. The van der Waals surface area contributed by atoms with Crippen LogP contribution in [0.2, 0.25) is 0 Å². The Bertz CT molecular complexity index is 1080. The molecule has 0 bridgehead atoms. The number of carbonyl (C=O) groups is 4. The number of aliphatic carboxylic acids is 4. The first-order chi connectivity index (χ1) is 19.4. The Morgan fingerprint density at radius 3 is 0.952 bits per heavy atom. The highest BCUT2D eigenvalue weighted by molar-refractivity contribution is 5.84. The molecule has 16 heteroatoms. The third-order valence-corrected chi connectivity index (χ3v) is 6.55. The average Bonchev–Trinajstić information content (AvgIpc) is 3.44. The van der Waals surface area contributed by atoms with Crippen molar-refractivity contribution < 1.29 is 39.6 Å². The van der Waals surface area contributed by atoms with Gasteiger partial charge in [-0.15, -0.1) is 0 Å². The quantitative estimate of drug-likeness (QED) is 0.126. The highest BCUT2D eigenvalue weighted by Crippen LogP contribution is 2.31. The highest BCUT2D eigenvalue weighted by Gasteiger charge is 2.31. The third kappa shape index (κ3) is 8.27. The van der Waals surface area contributed by atoms with E-state index in [2.05, 4.69) is 41.2 Å². The Balaban J connectivity index is 2.69. The van der Waals surface area contributed by atoms with Gasteiger partial charge in [-0.1, -0.05) is 55.4 Å². The lowest BCUT2D eigenvalue weighted by Crippen LogP contribution is -2.36. The van der Waals surface area contributed by atoms with Crippen molar-refractivity contribution in [1.29, 1.82) is 0 Å². The summed E-state index contributed by atoms with van der Waals surface area (Å²) in [5.74, 6) is -5.67. The Labute approximate surface area is 243 Å². The van der Waals surface area contributed by atoms with E-state index in [-0.39, 0.29) is 58.6 Å². The summed E-state index contributed by atoms with van der Waals surface area (Å²) < 4.78 is 0. The molecular formula is C26H42N8O8. The maximum Gasteiger partial charge on any atom is 0.326 e. The summed E-state index contributed by atoms with van der Waals surface area (Å²) in [5.41, 5.74) is 0. The van der Waals surface area contributed by atoms with Crippen LogP contribution in [0, 0.1) is 23.7 Å². The Kier molecular flexibility index (Phi) is 11.2. The molecule has 0 aromatic carbocycles. The van der Waals surface area contributed by atoms with Crippen molar-refractivity contribution in [2.45, 2.75) is 79.6 Å². The van der Waals surface area contributed by atoms with Crippen molar-refractivity contribution in [2.75, 3.05) is 21.3 Å². The van der Waals surface area contributed by atoms with E-state index in [9.17, 15) is 39.6 Å². The van der Waals surface area contributed by atoms with Gasteiger partial charge in [-0.3, -0.25) is 0 Å². The van der Waals surface area contributed by atoms with E-state index in [0.717, 1.165) is 0 Å². The summed E-state index contributed by atoms with van der Waals surface area (Å²) in [6, 6.07) is -4.26. The Morgan fingerprint density at radius 2 is 0.738 bits per heavy atom. The number of H-pyrrole nitrogens is 2. The van der Waals surface area contributed by atoms with Crippen molar-refractivity contribution in [2.24, 2.45) is 23.7 Å². The number of aromatic amines is 2. The molecule has 0 aliphatic carbocycles. The van der Waals surface area contributed by atoms with Crippen molar-refractivity contribution in [3.63, 3.8) is 0 Å². The minimum absolute atomic E-state index is 0.0228. The first-order valence-corrected chi connectivity index (χ1v) is 13.6. The van der Waals surface area contributed by atoms with E-state index in [0.29, 0.717) is 0 Å². The average molecular weight is 595 g/mol. The van der Waals surface area contributed by atoms with Gasteiger partial charge in [0.25, 0.3) is 0 Å². The lowest BCUT2D eigenvalue weighted by atomic mass is 10.0. The fourth-order valence-electron chi connectivity index (χ4n) is 4.05. The lowest BCUT2D eigenvalue weighted by molar-refractivity contribution is -0.139. The number of carboxylic acid groups (broad SMARTS) is 4. The van der Waals surface area contributed by atoms with Gasteiger partial charge in [-0.05, 0) is 23.7 Å². The van der Waals surface area contributed by atoms with Crippen LogP contribution < -0.4 is 21.3 Å². The molecule has 0 aliphatic heterocycles. The Hall–Kier alpha value is -4.50. The standard InChI is InChI=1S/C26H42N8O8/c1-9(2)13(23(35)36)27-17-18(28-14(10(3)4)24(37)38)32-21(31-17)22-33-19(29-15(11(5)6)25(39)40)20(34-22)30-16(12(7)8)26(41)42/h9-16,27-30H,1-8H3,(H,31,32)(H,33,34)(H,35,36)(H,37,38)(H,39,40)(H,41,42)/t13-,14-,15-,16-/m0/s1. The second kappa shape index (κ2) is 13.9. The van der Waals surface area contributed by atoms with E-state index in [1.165, 1.54) is 0 Å². The molecule has 2 aromatic heterocycles. The summed E-state index contributed by atoms with van der Waals surface area (Å²) in [6.45, 7) is 13.6. The number of anilines is 4. The molecule has 16 nitrogen and oxygen atoms in total. The number of aromatic nitrogens is 4. The van der Waals surface area contributed by atoms with Crippen LogP contribution in [0.3, 0.4) is 0 Å². The summed E-state index contributed by atoms with van der Waals surface area (Å²) in [4.78, 5) is 62.4. The molecule has 0 saturated heterocycles. The smallest absolute Gasteiger partial charge is 0.326 e. The second-order valence-corrected chi connectivity index (χ2v) is 11.4. The largest absolute Gasteiger partial charge is 0.480 e. The molecule has 42 heavy (non-hydrogen) atoms. The van der Waals surface area contributed by atoms with Gasteiger partial charge < -0.3 is 51.7 Å². The van der Waals surface area contributed by atoms with Gasteiger partial charge in [0.15, 0.2) is 23.3 Å². The molecule has 10 N–H and O–H groups in total. The molecule has 0 unspecified atom stereocenters. The van der Waals surface area contributed by atoms with E-state index >= 15 is 0 Å². The predicted octanol–water partition coefficient (Wildman–Crippen LogP) is 2.88. The van der Waals surface area contributed by atoms with E-state index in [1.807, 2.05) is 0 Å². The second-order valence-electron chi connectivity index (χ2n) is 11.4. The fourth-order valence-corrected chi connectivity index (χ4v) is 4.05. The van der Waals surface area contributed by atoms with Crippen molar-refractivity contribution in [3.05, 3.63) is 0 Å². The molecule has 0 saturated carbocycles. The van der Waals surface area contributed by atoms with Crippen LogP contribution in [0.15, 0.2) is 0 Å². The molecule has 0 aliphatic rings. The summed E-state index contributed by atoms with van der Waals surface area (Å²) in [7, 11) is 0. The molecular weight excluding hydrogens is 552 g/mol. The number of carboxylic acids is 4. The van der Waals surface area contributed by atoms with Crippen LogP contribution >= 0.6 is 0 Å². The molecule has 0 spiro atoms. The van der Waals surface area contributed by atoms with Gasteiger partial charge in [0.2, 0.25) is 0 Å². The van der Waals surface area contributed by atoms with Crippen molar-refractivity contribution >= 4 is 47.1 Å². The number of nitrogens with zero attached hydrogens (tertiary/aromatic N) is 2. The first kappa shape index (κ1) is 33.7. The SMILES string of the molecule is CC(C)[C@H](Nc1nc(-c2nc(N[C@H](C(=O)O)C(C)C)c(N[C@H](C(=O)O)C(C)C)[nH]2)[nH]c1N[C@H](C(=O)O)C(C)C)C(=O)O. The monoisotopic (exact) mass is 594 g/mol. The Morgan fingerprint density at radius 1 is 0.500 bits per heavy atom. The maximum atomic E-state index is 11.9. The summed E-state index contributed by atoms with van der Waals surface area (Å²) in [5, 5.41) is 50.3. The zero-order valence-corrected chi connectivity index (χ0v) is 24.9. The molecule has 234 valence electrons. The molecule has 2 rings (SSSR count). The van der Waals surface area contributed by atoms with Crippen LogP contribution in [-0.4, -0.2) is 88.4 Å².